The second-order valence-corrected chi connectivity index (χ2v) is 9.28. The monoisotopic (exact) mass is 456 g/mol. The second-order valence-electron chi connectivity index (χ2n) is 9.28. The molecular weight excluding hydrogens is 424 g/mol. The molecule has 0 aliphatic carbocycles. The Labute approximate surface area is 201 Å². The maximum Gasteiger partial charge on any atom is 0.257 e. The van der Waals surface area contributed by atoms with Gasteiger partial charge in [-0.15, -0.1) is 0 Å². The fourth-order valence-electron chi connectivity index (χ4n) is 4.37. The van der Waals surface area contributed by atoms with Gasteiger partial charge in [-0.1, -0.05) is 67.9 Å². The molecule has 0 saturated heterocycles. The predicted molar refractivity (Wildman–Crippen MR) is 134 cm³/mol. The number of rotatable bonds is 7. The highest BCUT2D eigenvalue weighted by Gasteiger charge is 2.33. The van der Waals surface area contributed by atoms with Crippen molar-refractivity contribution in [2.45, 2.75) is 33.2 Å². The molecule has 1 heterocycles. The highest BCUT2D eigenvalue weighted by atomic mass is 16.5. The zero-order chi connectivity index (χ0) is 24.1. The minimum absolute atomic E-state index is 0.0112. The Morgan fingerprint density at radius 3 is 2.56 bits per heavy atom. The number of ether oxygens (including phenoxy) is 1. The minimum atomic E-state index is -0.227. The summed E-state index contributed by atoms with van der Waals surface area (Å²) in [6.45, 7) is 7.39. The van der Waals surface area contributed by atoms with Gasteiger partial charge < -0.3 is 15.0 Å². The number of benzene rings is 3. The standard InChI is InChI=1S/C29H32N2O3/c1-20(2)18-30-27(32)19-34-25-13-12-22-14-15-31(29(33)23-9-5-4-6-10-23)28(26(22)17-25)24-11-7-8-21(3)16-24/h4-13,16-17,20,28H,14-15,18-19H2,1-3H3,(H,30,32)/t28-/m1/s1. The number of hydrogen-bond donors (Lipinski definition) is 1. The van der Waals surface area contributed by atoms with Crippen molar-refractivity contribution in [2.24, 2.45) is 5.92 Å². The van der Waals surface area contributed by atoms with E-state index in [-0.39, 0.29) is 24.5 Å². The number of hydrogen-bond acceptors (Lipinski definition) is 3. The first-order chi connectivity index (χ1) is 16.4. The molecule has 1 N–H and O–H groups in total. The fourth-order valence-corrected chi connectivity index (χ4v) is 4.37. The second kappa shape index (κ2) is 10.6. The van der Waals surface area contributed by atoms with Crippen molar-refractivity contribution in [3.63, 3.8) is 0 Å². The van der Waals surface area contributed by atoms with Gasteiger partial charge in [0.2, 0.25) is 0 Å². The van der Waals surface area contributed by atoms with Crippen LogP contribution in [0.2, 0.25) is 0 Å². The van der Waals surface area contributed by atoms with E-state index >= 15 is 0 Å². The van der Waals surface area contributed by atoms with Crippen LogP contribution in [0.4, 0.5) is 0 Å². The molecule has 0 radical (unpaired) electrons. The number of fused-ring (bicyclic) bond motifs is 1. The zero-order valence-corrected chi connectivity index (χ0v) is 20.1. The lowest BCUT2D eigenvalue weighted by atomic mass is 9.87. The molecule has 0 fully saturated rings. The summed E-state index contributed by atoms with van der Waals surface area (Å²) < 4.78 is 5.84. The third-order valence-electron chi connectivity index (χ3n) is 6.06. The molecule has 2 amide bonds. The van der Waals surface area contributed by atoms with Crippen LogP contribution in [-0.4, -0.2) is 36.4 Å². The molecule has 5 heteroatoms. The number of aryl methyl sites for hydroxylation is 1. The van der Waals surface area contributed by atoms with E-state index in [1.165, 1.54) is 5.56 Å². The van der Waals surface area contributed by atoms with Crippen molar-refractivity contribution < 1.29 is 14.3 Å². The Morgan fingerprint density at radius 2 is 1.82 bits per heavy atom. The van der Waals surface area contributed by atoms with Gasteiger partial charge in [0, 0.05) is 18.7 Å². The summed E-state index contributed by atoms with van der Waals surface area (Å²) in [5.41, 5.74) is 5.13. The van der Waals surface area contributed by atoms with Gasteiger partial charge in [-0.3, -0.25) is 9.59 Å². The molecule has 0 bridgehead atoms. The van der Waals surface area contributed by atoms with Gasteiger partial charge in [-0.05, 0) is 60.2 Å². The fraction of sp³-hybridized carbons (Fsp3) is 0.310. The smallest absolute Gasteiger partial charge is 0.257 e. The van der Waals surface area contributed by atoms with E-state index in [0.717, 1.165) is 23.1 Å². The molecule has 176 valence electrons. The summed E-state index contributed by atoms with van der Waals surface area (Å²) in [7, 11) is 0. The molecule has 1 aliphatic rings. The average molecular weight is 457 g/mol. The number of amides is 2. The molecule has 0 saturated carbocycles. The van der Waals surface area contributed by atoms with Gasteiger partial charge in [-0.25, -0.2) is 0 Å². The van der Waals surface area contributed by atoms with Crippen LogP contribution in [0.25, 0.3) is 0 Å². The van der Waals surface area contributed by atoms with Gasteiger partial charge in [0.15, 0.2) is 6.61 Å². The molecule has 0 unspecified atom stereocenters. The zero-order valence-electron chi connectivity index (χ0n) is 20.1. The topological polar surface area (TPSA) is 58.6 Å². The maximum absolute atomic E-state index is 13.5. The van der Waals surface area contributed by atoms with Gasteiger partial charge >= 0.3 is 0 Å². The van der Waals surface area contributed by atoms with Gasteiger partial charge in [-0.2, -0.15) is 0 Å². The SMILES string of the molecule is Cc1cccc([C@@H]2c3cc(OCC(=O)NCC(C)C)ccc3CCN2C(=O)c2ccccc2)c1. The van der Waals surface area contributed by atoms with E-state index in [0.29, 0.717) is 30.3 Å². The molecule has 5 nitrogen and oxygen atoms in total. The first-order valence-electron chi connectivity index (χ1n) is 11.9. The molecule has 0 spiro atoms. The van der Waals surface area contributed by atoms with Crippen LogP contribution >= 0.6 is 0 Å². The summed E-state index contributed by atoms with van der Waals surface area (Å²) >= 11 is 0. The van der Waals surface area contributed by atoms with E-state index in [2.05, 4.69) is 50.4 Å². The third-order valence-corrected chi connectivity index (χ3v) is 6.06. The summed E-state index contributed by atoms with van der Waals surface area (Å²) in [4.78, 5) is 27.6. The summed E-state index contributed by atoms with van der Waals surface area (Å²) in [6, 6.07) is 23.5. The Bertz CT molecular complexity index is 1160. The number of carbonyl (C=O) groups is 2. The maximum atomic E-state index is 13.5. The lowest BCUT2D eigenvalue weighted by Gasteiger charge is -2.38. The van der Waals surface area contributed by atoms with Gasteiger partial charge in [0.1, 0.15) is 5.75 Å². The van der Waals surface area contributed by atoms with Crippen molar-refractivity contribution in [1.29, 1.82) is 0 Å². The Kier molecular flexibility index (Phi) is 7.31. The van der Waals surface area contributed by atoms with Crippen LogP contribution in [0.15, 0.2) is 72.8 Å². The molecule has 1 atom stereocenters. The molecule has 1 aliphatic heterocycles. The number of nitrogens with zero attached hydrogens (tertiary/aromatic N) is 1. The van der Waals surface area contributed by atoms with Crippen LogP contribution in [0.3, 0.4) is 0 Å². The van der Waals surface area contributed by atoms with Crippen LogP contribution in [0.5, 0.6) is 5.75 Å². The number of carbonyl (C=O) groups excluding carboxylic acids is 2. The molecular formula is C29H32N2O3. The molecule has 3 aromatic carbocycles. The third kappa shape index (κ3) is 5.48. The van der Waals surface area contributed by atoms with Crippen LogP contribution in [0, 0.1) is 12.8 Å². The Balaban J connectivity index is 1.65. The first kappa shape index (κ1) is 23.6. The van der Waals surface area contributed by atoms with Crippen LogP contribution in [-0.2, 0) is 11.2 Å². The van der Waals surface area contributed by atoms with Gasteiger partial charge in [0.25, 0.3) is 11.8 Å². The van der Waals surface area contributed by atoms with E-state index in [9.17, 15) is 9.59 Å². The summed E-state index contributed by atoms with van der Waals surface area (Å²) in [6.07, 6.45) is 0.769. The number of nitrogens with one attached hydrogen (secondary N) is 1. The molecule has 4 rings (SSSR count). The lowest BCUT2D eigenvalue weighted by Crippen LogP contribution is -2.40. The quantitative estimate of drug-likeness (QED) is 0.548. The summed E-state index contributed by atoms with van der Waals surface area (Å²) in [5, 5.41) is 2.88. The Hall–Kier alpha value is -3.60. The van der Waals surface area contributed by atoms with E-state index in [1.54, 1.807) is 0 Å². The molecule has 34 heavy (non-hydrogen) atoms. The first-order valence-corrected chi connectivity index (χ1v) is 11.9. The minimum Gasteiger partial charge on any atom is -0.484 e. The van der Waals surface area contributed by atoms with Crippen molar-refractivity contribution in [3.8, 4) is 5.75 Å². The average Bonchev–Trinajstić information content (AvgIpc) is 2.85. The van der Waals surface area contributed by atoms with Crippen molar-refractivity contribution in [3.05, 3.63) is 101 Å². The molecule has 3 aromatic rings. The van der Waals surface area contributed by atoms with E-state index in [4.69, 9.17) is 4.74 Å². The van der Waals surface area contributed by atoms with Crippen LogP contribution < -0.4 is 10.1 Å². The Morgan fingerprint density at radius 1 is 1.03 bits per heavy atom. The van der Waals surface area contributed by atoms with Crippen LogP contribution in [0.1, 0.15) is 52.5 Å². The highest BCUT2D eigenvalue weighted by molar-refractivity contribution is 5.95. The van der Waals surface area contributed by atoms with E-state index in [1.807, 2.05) is 53.4 Å². The van der Waals surface area contributed by atoms with Gasteiger partial charge in [0.05, 0.1) is 6.04 Å². The lowest BCUT2D eigenvalue weighted by molar-refractivity contribution is -0.123. The summed E-state index contributed by atoms with van der Waals surface area (Å²) in [5.74, 6) is 0.890. The molecule has 0 aromatic heterocycles. The predicted octanol–water partition coefficient (Wildman–Crippen LogP) is 4.93. The largest absolute Gasteiger partial charge is 0.484 e. The van der Waals surface area contributed by atoms with Crippen molar-refractivity contribution >= 4 is 11.8 Å². The highest BCUT2D eigenvalue weighted by Crippen LogP contribution is 2.38. The van der Waals surface area contributed by atoms with E-state index < -0.39 is 0 Å². The van der Waals surface area contributed by atoms with Crippen molar-refractivity contribution in [2.75, 3.05) is 19.7 Å². The van der Waals surface area contributed by atoms with Crippen molar-refractivity contribution in [1.82, 2.24) is 10.2 Å². The normalized spacial score (nSPS) is 15.1.